The zero-order valence-electron chi connectivity index (χ0n) is 18.9. The summed E-state index contributed by atoms with van der Waals surface area (Å²) in [5, 5.41) is 6.93. The number of aromatic nitrogens is 1. The van der Waals surface area contributed by atoms with Gasteiger partial charge in [-0.25, -0.2) is 4.98 Å². The number of pyridine rings is 1. The van der Waals surface area contributed by atoms with Gasteiger partial charge in [-0.15, -0.1) is 0 Å². The second-order valence-corrected chi connectivity index (χ2v) is 9.10. The van der Waals surface area contributed by atoms with Gasteiger partial charge in [0.1, 0.15) is 5.82 Å². The fourth-order valence-corrected chi connectivity index (χ4v) is 4.97. The van der Waals surface area contributed by atoms with Gasteiger partial charge in [0.05, 0.1) is 0 Å². The standard InChI is InChI=1S/C27H31N5/c1-17-15-32(16-18(2)31-17)24-7-4-20(5-8-24)23-13-26(27(28)30-14-23)21-6-9-25-19(3)29-11-10-22(25)12-21/h4-9,12-14,17-18,29,31H,3,10-11,15-16H2,1-2H3,(H2,28,30)/t17-,18+. The van der Waals surface area contributed by atoms with Crippen molar-refractivity contribution in [2.45, 2.75) is 32.4 Å². The fraction of sp³-hybridized carbons (Fsp3) is 0.296. The fourth-order valence-electron chi connectivity index (χ4n) is 4.97. The first kappa shape index (κ1) is 20.6. The summed E-state index contributed by atoms with van der Waals surface area (Å²) in [5.41, 5.74) is 15.3. The SMILES string of the molecule is C=C1NCCc2cc(-c3cc(-c4ccc(N5C[C@@H](C)N[C@@H](C)C5)cc4)cnc3N)ccc21. The van der Waals surface area contributed by atoms with Crippen LogP contribution in [0.15, 0.2) is 61.3 Å². The largest absolute Gasteiger partial charge is 0.385 e. The molecule has 0 unspecified atom stereocenters. The van der Waals surface area contributed by atoms with E-state index in [9.17, 15) is 0 Å². The van der Waals surface area contributed by atoms with Crippen molar-refractivity contribution in [3.05, 3.63) is 72.4 Å². The lowest BCUT2D eigenvalue weighted by Crippen LogP contribution is -2.54. The van der Waals surface area contributed by atoms with Gasteiger partial charge in [0, 0.05) is 66.0 Å². The predicted molar refractivity (Wildman–Crippen MR) is 135 cm³/mol. The van der Waals surface area contributed by atoms with Crippen LogP contribution < -0.4 is 21.3 Å². The van der Waals surface area contributed by atoms with Crippen molar-refractivity contribution in [2.75, 3.05) is 30.3 Å². The highest BCUT2D eigenvalue weighted by molar-refractivity contribution is 5.81. The zero-order chi connectivity index (χ0) is 22.2. The van der Waals surface area contributed by atoms with Gasteiger partial charge in [0.2, 0.25) is 0 Å². The summed E-state index contributed by atoms with van der Waals surface area (Å²) in [6.45, 7) is 11.6. The lowest BCUT2D eigenvalue weighted by atomic mass is 9.93. The van der Waals surface area contributed by atoms with E-state index in [4.69, 9.17) is 5.73 Å². The number of piperazine rings is 1. The monoisotopic (exact) mass is 425 g/mol. The summed E-state index contributed by atoms with van der Waals surface area (Å²) < 4.78 is 0. The van der Waals surface area contributed by atoms with E-state index in [1.165, 1.54) is 16.8 Å². The van der Waals surface area contributed by atoms with E-state index in [1.54, 1.807) is 0 Å². The maximum absolute atomic E-state index is 6.30. The van der Waals surface area contributed by atoms with Gasteiger partial charge in [0.25, 0.3) is 0 Å². The number of nitrogens with zero attached hydrogens (tertiary/aromatic N) is 2. The Kier molecular flexibility index (Phi) is 5.35. The van der Waals surface area contributed by atoms with Crippen LogP contribution in [0.1, 0.15) is 25.0 Å². The Morgan fingerprint density at radius 3 is 2.41 bits per heavy atom. The Morgan fingerprint density at radius 1 is 0.938 bits per heavy atom. The second kappa shape index (κ2) is 8.32. The van der Waals surface area contributed by atoms with Crippen molar-refractivity contribution < 1.29 is 0 Å². The average Bonchev–Trinajstić information content (AvgIpc) is 2.79. The molecule has 32 heavy (non-hydrogen) atoms. The van der Waals surface area contributed by atoms with E-state index in [0.29, 0.717) is 17.9 Å². The minimum Gasteiger partial charge on any atom is -0.385 e. The van der Waals surface area contributed by atoms with E-state index >= 15 is 0 Å². The molecule has 5 nitrogen and oxygen atoms in total. The first-order valence-corrected chi connectivity index (χ1v) is 11.4. The van der Waals surface area contributed by atoms with E-state index in [0.717, 1.165) is 54.0 Å². The van der Waals surface area contributed by atoms with Crippen molar-refractivity contribution >= 4 is 17.2 Å². The summed E-state index contributed by atoms with van der Waals surface area (Å²) >= 11 is 0. The van der Waals surface area contributed by atoms with Crippen LogP contribution in [0.5, 0.6) is 0 Å². The van der Waals surface area contributed by atoms with E-state index in [1.807, 2.05) is 6.20 Å². The highest BCUT2D eigenvalue weighted by Gasteiger charge is 2.21. The minimum absolute atomic E-state index is 0.492. The third kappa shape index (κ3) is 3.96. The van der Waals surface area contributed by atoms with Crippen LogP contribution in [0, 0.1) is 0 Å². The Balaban J connectivity index is 1.43. The summed E-state index contributed by atoms with van der Waals surface area (Å²) in [5.74, 6) is 0.557. The number of benzene rings is 2. The lowest BCUT2D eigenvalue weighted by molar-refractivity contribution is 0.407. The van der Waals surface area contributed by atoms with Crippen LogP contribution in [-0.4, -0.2) is 36.7 Å². The van der Waals surface area contributed by atoms with Crippen molar-refractivity contribution in [3.63, 3.8) is 0 Å². The predicted octanol–water partition coefficient (Wildman–Crippen LogP) is 4.30. The molecule has 0 saturated carbocycles. The molecular weight excluding hydrogens is 394 g/mol. The van der Waals surface area contributed by atoms with Crippen LogP contribution in [-0.2, 0) is 6.42 Å². The van der Waals surface area contributed by atoms with Crippen molar-refractivity contribution in [1.82, 2.24) is 15.6 Å². The normalized spacial score (nSPS) is 20.6. The third-order valence-corrected chi connectivity index (χ3v) is 6.52. The first-order valence-electron chi connectivity index (χ1n) is 11.4. The molecular formula is C27H31N5. The Morgan fingerprint density at radius 2 is 1.66 bits per heavy atom. The number of nitrogens with two attached hydrogens (primary N) is 1. The Hall–Kier alpha value is -3.31. The van der Waals surface area contributed by atoms with Gasteiger partial charge >= 0.3 is 0 Å². The highest BCUT2D eigenvalue weighted by Crippen LogP contribution is 2.33. The van der Waals surface area contributed by atoms with Crippen LogP contribution in [0.3, 0.4) is 0 Å². The number of rotatable bonds is 3. The van der Waals surface area contributed by atoms with Gasteiger partial charge in [-0.1, -0.05) is 36.9 Å². The Labute approximate surface area is 190 Å². The molecule has 1 aromatic heterocycles. The summed E-state index contributed by atoms with van der Waals surface area (Å²) in [7, 11) is 0. The molecule has 0 bridgehead atoms. The molecule has 1 fully saturated rings. The molecule has 2 aliphatic rings. The maximum Gasteiger partial charge on any atom is 0.131 e. The summed E-state index contributed by atoms with van der Waals surface area (Å²) in [6, 6.07) is 18.4. The van der Waals surface area contributed by atoms with Gasteiger partial charge in [-0.3, -0.25) is 0 Å². The smallest absolute Gasteiger partial charge is 0.131 e. The molecule has 2 atom stereocenters. The number of nitrogens with one attached hydrogen (secondary N) is 2. The quantitative estimate of drug-likeness (QED) is 0.584. The van der Waals surface area contributed by atoms with Gasteiger partial charge in [-0.05, 0) is 55.2 Å². The number of anilines is 2. The van der Waals surface area contributed by atoms with E-state index in [-0.39, 0.29) is 0 Å². The molecule has 2 aliphatic heterocycles. The molecule has 5 rings (SSSR count). The van der Waals surface area contributed by atoms with Crippen LogP contribution in [0.25, 0.3) is 28.0 Å². The zero-order valence-corrected chi connectivity index (χ0v) is 18.9. The maximum atomic E-state index is 6.30. The van der Waals surface area contributed by atoms with Crippen LogP contribution in [0.2, 0.25) is 0 Å². The molecule has 0 aliphatic carbocycles. The molecule has 1 saturated heterocycles. The summed E-state index contributed by atoms with van der Waals surface area (Å²) in [4.78, 5) is 6.98. The van der Waals surface area contributed by atoms with Crippen molar-refractivity contribution in [3.8, 4) is 22.3 Å². The van der Waals surface area contributed by atoms with Gasteiger partial charge in [-0.2, -0.15) is 0 Å². The van der Waals surface area contributed by atoms with E-state index in [2.05, 4.69) is 89.5 Å². The molecule has 0 radical (unpaired) electrons. The van der Waals surface area contributed by atoms with Crippen LogP contribution >= 0.6 is 0 Å². The van der Waals surface area contributed by atoms with E-state index < -0.39 is 0 Å². The molecule has 4 N–H and O–H groups in total. The second-order valence-electron chi connectivity index (χ2n) is 9.10. The first-order chi connectivity index (χ1) is 15.5. The highest BCUT2D eigenvalue weighted by atomic mass is 15.2. The van der Waals surface area contributed by atoms with Crippen molar-refractivity contribution in [2.24, 2.45) is 0 Å². The Bertz CT molecular complexity index is 1140. The summed E-state index contributed by atoms with van der Waals surface area (Å²) in [6.07, 6.45) is 2.85. The number of hydrogen-bond donors (Lipinski definition) is 3. The molecule has 5 heteroatoms. The number of hydrogen-bond acceptors (Lipinski definition) is 5. The number of fused-ring (bicyclic) bond motifs is 1. The topological polar surface area (TPSA) is 66.2 Å². The molecule has 0 amide bonds. The average molecular weight is 426 g/mol. The van der Waals surface area contributed by atoms with Gasteiger partial charge < -0.3 is 21.3 Å². The minimum atomic E-state index is 0.492. The number of nitrogen functional groups attached to an aromatic ring is 1. The molecule has 0 spiro atoms. The lowest BCUT2D eigenvalue weighted by Gasteiger charge is -2.37. The molecule has 3 heterocycles. The molecule has 2 aromatic carbocycles. The molecule has 3 aromatic rings. The van der Waals surface area contributed by atoms with Gasteiger partial charge in [0.15, 0.2) is 0 Å². The van der Waals surface area contributed by atoms with Crippen molar-refractivity contribution in [1.29, 1.82) is 0 Å². The van der Waals surface area contributed by atoms with Crippen LogP contribution in [0.4, 0.5) is 11.5 Å². The third-order valence-electron chi connectivity index (χ3n) is 6.52. The molecule has 164 valence electrons.